The topological polar surface area (TPSA) is 115 Å². The Balaban J connectivity index is 2.20. The molecule has 0 aromatic heterocycles. The molecule has 2 aromatic rings. The first kappa shape index (κ1) is 27.0. The molecule has 3 rings (SSSR count). The standard InChI is InChI=1S/C26H27ClN2O7/c1-14(30)23-21(33-4)11-22(34-5)24(18-8-9-29(3)20(18)13-35-15(2)31)25(23)36-26(32)17-7-6-16(12-28)10-19(17)27/h6-7,10-11,18,20H,8-9,13H2,1-5H3. The summed E-state index contributed by atoms with van der Waals surface area (Å²) in [6, 6.07) is 7.48. The Hall–Kier alpha value is -3.61. The van der Waals surface area contributed by atoms with Crippen LogP contribution < -0.4 is 14.2 Å². The monoisotopic (exact) mass is 514 g/mol. The van der Waals surface area contributed by atoms with Crippen LogP contribution in [0.1, 0.15) is 58.0 Å². The number of Topliss-reactive ketones (excluding diaryl/α,β-unsaturated/α-hetero) is 1. The third kappa shape index (κ3) is 5.45. The smallest absolute Gasteiger partial charge is 0.345 e. The zero-order valence-corrected chi connectivity index (χ0v) is 21.5. The van der Waals surface area contributed by atoms with E-state index in [4.69, 9.17) is 35.8 Å². The van der Waals surface area contributed by atoms with Gasteiger partial charge in [-0.15, -0.1) is 0 Å². The van der Waals surface area contributed by atoms with Gasteiger partial charge >= 0.3 is 11.9 Å². The fourth-order valence-electron chi connectivity index (χ4n) is 4.44. The number of ketones is 1. The van der Waals surface area contributed by atoms with Gasteiger partial charge in [0.2, 0.25) is 0 Å². The summed E-state index contributed by atoms with van der Waals surface area (Å²) in [4.78, 5) is 39.6. The van der Waals surface area contributed by atoms with Gasteiger partial charge in [-0.1, -0.05) is 11.6 Å². The highest BCUT2D eigenvalue weighted by atomic mass is 35.5. The van der Waals surface area contributed by atoms with E-state index in [2.05, 4.69) is 0 Å². The molecule has 0 saturated carbocycles. The first-order chi connectivity index (χ1) is 17.1. The second-order valence-corrected chi connectivity index (χ2v) is 8.80. The third-order valence-electron chi connectivity index (χ3n) is 6.20. The minimum Gasteiger partial charge on any atom is -0.496 e. The first-order valence-corrected chi connectivity index (χ1v) is 11.6. The van der Waals surface area contributed by atoms with Crippen molar-refractivity contribution < 1.29 is 33.3 Å². The SMILES string of the molecule is COc1cc(OC)c(C2CCN(C)C2COC(C)=O)c(OC(=O)c2ccc(C#N)cc2Cl)c1C(C)=O. The second-order valence-electron chi connectivity index (χ2n) is 8.40. The van der Waals surface area contributed by atoms with E-state index in [1.54, 1.807) is 6.07 Å². The summed E-state index contributed by atoms with van der Waals surface area (Å²) in [6.45, 7) is 3.46. The number of likely N-dealkylation sites (N-methyl/N-ethyl adjacent to an activating group) is 1. The maximum absolute atomic E-state index is 13.3. The average Bonchev–Trinajstić information content (AvgIpc) is 3.20. The van der Waals surface area contributed by atoms with Gasteiger partial charge in [-0.2, -0.15) is 5.26 Å². The summed E-state index contributed by atoms with van der Waals surface area (Å²) in [5.41, 5.74) is 0.875. The number of nitriles is 1. The third-order valence-corrected chi connectivity index (χ3v) is 6.51. The number of hydrogen-bond acceptors (Lipinski definition) is 9. The summed E-state index contributed by atoms with van der Waals surface area (Å²) in [6.07, 6.45) is 0.630. The molecule has 10 heteroatoms. The van der Waals surface area contributed by atoms with Crippen molar-refractivity contribution in [2.24, 2.45) is 0 Å². The lowest BCUT2D eigenvalue weighted by Crippen LogP contribution is -2.34. The molecule has 36 heavy (non-hydrogen) atoms. The number of hydrogen-bond donors (Lipinski definition) is 0. The highest BCUT2D eigenvalue weighted by Gasteiger charge is 2.40. The van der Waals surface area contributed by atoms with E-state index in [9.17, 15) is 14.4 Å². The van der Waals surface area contributed by atoms with Gasteiger partial charge in [0.25, 0.3) is 0 Å². The molecule has 0 radical (unpaired) electrons. The molecule has 1 aliphatic heterocycles. The first-order valence-electron chi connectivity index (χ1n) is 11.2. The largest absolute Gasteiger partial charge is 0.496 e. The zero-order valence-electron chi connectivity index (χ0n) is 20.7. The van der Waals surface area contributed by atoms with Gasteiger partial charge in [0, 0.05) is 24.5 Å². The molecule has 1 fully saturated rings. The van der Waals surface area contributed by atoms with Crippen LogP contribution in [0.3, 0.4) is 0 Å². The Morgan fingerprint density at radius 3 is 2.39 bits per heavy atom. The lowest BCUT2D eigenvalue weighted by Gasteiger charge is -2.28. The molecule has 2 atom stereocenters. The van der Waals surface area contributed by atoms with Gasteiger partial charge in [-0.25, -0.2) is 4.79 Å². The molecule has 1 aliphatic rings. The van der Waals surface area contributed by atoms with E-state index in [-0.39, 0.29) is 57.6 Å². The van der Waals surface area contributed by atoms with Gasteiger partial charge in [0.05, 0.1) is 42.5 Å². The maximum Gasteiger partial charge on any atom is 0.345 e. The molecule has 0 bridgehead atoms. The van der Waals surface area contributed by atoms with E-state index in [1.807, 2.05) is 18.0 Å². The molecule has 0 aliphatic carbocycles. The van der Waals surface area contributed by atoms with Gasteiger partial charge in [-0.3, -0.25) is 14.5 Å². The highest BCUT2D eigenvalue weighted by Crippen LogP contribution is 2.48. The fourth-order valence-corrected chi connectivity index (χ4v) is 4.69. The Labute approximate surface area is 214 Å². The molecular weight excluding hydrogens is 488 g/mol. The molecule has 1 heterocycles. The number of rotatable bonds is 8. The van der Waals surface area contributed by atoms with Crippen molar-refractivity contribution in [2.75, 3.05) is 34.4 Å². The average molecular weight is 515 g/mol. The van der Waals surface area contributed by atoms with Crippen LogP contribution in [0.15, 0.2) is 24.3 Å². The molecule has 2 unspecified atom stereocenters. The number of benzene rings is 2. The Morgan fingerprint density at radius 2 is 1.83 bits per heavy atom. The summed E-state index contributed by atoms with van der Waals surface area (Å²) >= 11 is 6.25. The number of ether oxygens (including phenoxy) is 4. The van der Waals surface area contributed by atoms with Gasteiger partial charge in [0.15, 0.2) is 11.5 Å². The molecule has 0 amide bonds. The van der Waals surface area contributed by atoms with Crippen LogP contribution in [0.5, 0.6) is 17.2 Å². The molecule has 2 aromatic carbocycles. The summed E-state index contributed by atoms with van der Waals surface area (Å²) in [5, 5.41) is 9.13. The van der Waals surface area contributed by atoms with Gasteiger partial charge < -0.3 is 18.9 Å². The second kappa shape index (κ2) is 11.4. The number of esters is 2. The van der Waals surface area contributed by atoms with E-state index >= 15 is 0 Å². The number of methoxy groups -OCH3 is 2. The molecule has 190 valence electrons. The number of carbonyl (C=O) groups excluding carboxylic acids is 3. The normalized spacial score (nSPS) is 17.2. The van der Waals surface area contributed by atoms with Crippen LogP contribution in [0.4, 0.5) is 0 Å². The Morgan fingerprint density at radius 1 is 1.14 bits per heavy atom. The molecule has 9 nitrogen and oxygen atoms in total. The molecule has 0 N–H and O–H groups in total. The van der Waals surface area contributed by atoms with Crippen molar-refractivity contribution in [1.82, 2.24) is 4.90 Å². The highest BCUT2D eigenvalue weighted by molar-refractivity contribution is 6.33. The van der Waals surface area contributed by atoms with Crippen molar-refractivity contribution in [3.8, 4) is 23.3 Å². The van der Waals surface area contributed by atoms with Crippen LogP contribution in [0, 0.1) is 11.3 Å². The van der Waals surface area contributed by atoms with Crippen molar-refractivity contribution >= 4 is 29.3 Å². The molecule has 0 spiro atoms. The lowest BCUT2D eigenvalue weighted by atomic mass is 9.87. The summed E-state index contributed by atoms with van der Waals surface area (Å²) < 4.78 is 22.3. The van der Waals surface area contributed by atoms with Crippen molar-refractivity contribution in [3.63, 3.8) is 0 Å². The van der Waals surface area contributed by atoms with Crippen molar-refractivity contribution in [3.05, 3.63) is 51.5 Å². The molecule has 1 saturated heterocycles. The number of halogens is 1. The minimum atomic E-state index is -0.813. The maximum atomic E-state index is 13.3. The van der Waals surface area contributed by atoms with Crippen molar-refractivity contribution in [2.45, 2.75) is 32.2 Å². The number of nitrogens with zero attached hydrogens (tertiary/aromatic N) is 2. The summed E-state index contributed by atoms with van der Waals surface area (Å²) in [7, 11) is 4.77. The van der Waals surface area contributed by atoms with Gasteiger partial charge in [-0.05, 0) is 45.1 Å². The van der Waals surface area contributed by atoms with Crippen molar-refractivity contribution in [1.29, 1.82) is 5.26 Å². The van der Waals surface area contributed by atoms with Crippen LogP contribution in [0.2, 0.25) is 5.02 Å². The minimum absolute atomic E-state index is 0.00255. The van der Waals surface area contributed by atoms with Crippen LogP contribution in [-0.2, 0) is 9.53 Å². The lowest BCUT2D eigenvalue weighted by molar-refractivity contribution is -0.142. The predicted octanol–water partition coefficient (Wildman–Crippen LogP) is 4.00. The van der Waals surface area contributed by atoms with E-state index in [0.717, 1.165) is 0 Å². The van der Waals surface area contributed by atoms with Crippen LogP contribution in [-0.4, -0.2) is 63.1 Å². The zero-order chi connectivity index (χ0) is 26.6. The predicted molar refractivity (Wildman–Crippen MR) is 131 cm³/mol. The fraction of sp³-hybridized carbons (Fsp3) is 0.385. The summed E-state index contributed by atoms with van der Waals surface area (Å²) in [5.74, 6) is -1.37. The van der Waals surface area contributed by atoms with Crippen LogP contribution >= 0.6 is 11.6 Å². The quantitative estimate of drug-likeness (QED) is 0.293. The Bertz CT molecular complexity index is 1240. The van der Waals surface area contributed by atoms with E-state index in [1.165, 1.54) is 46.3 Å². The molecular formula is C26H27ClN2O7. The Kier molecular flexibility index (Phi) is 8.56. The van der Waals surface area contributed by atoms with E-state index < -0.39 is 11.9 Å². The number of carbonyl (C=O) groups is 3. The van der Waals surface area contributed by atoms with Gasteiger partial charge in [0.1, 0.15) is 23.7 Å². The van der Waals surface area contributed by atoms with Crippen LogP contribution in [0.25, 0.3) is 0 Å². The van der Waals surface area contributed by atoms with E-state index in [0.29, 0.717) is 24.3 Å². The number of likely N-dealkylation sites (tertiary alicyclic amines) is 1.